The zero-order valence-corrected chi connectivity index (χ0v) is 16.7. The molecule has 1 saturated carbocycles. The Morgan fingerprint density at radius 2 is 1.67 bits per heavy atom. The predicted octanol–water partition coefficient (Wildman–Crippen LogP) is 4.62. The highest BCUT2D eigenvalue weighted by molar-refractivity contribution is 7.92. The van der Waals surface area contributed by atoms with Gasteiger partial charge in [-0.05, 0) is 55.2 Å². The van der Waals surface area contributed by atoms with Crippen molar-refractivity contribution in [2.75, 3.05) is 6.54 Å². The van der Waals surface area contributed by atoms with E-state index in [0.29, 0.717) is 12.1 Å². The van der Waals surface area contributed by atoms with Crippen molar-refractivity contribution in [2.24, 2.45) is 5.92 Å². The molecule has 2 aromatic rings. The lowest BCUT2D eigenvalue weighted by molar-refractivity contribution is -0.137. The molecule has 1 N–H and O–H groups in total. The van der Waals surface area contributed by atoms with Crippen LogP contribution in [0.25, 0.3) is 0 Å². The topological polar surface area (TPSA) is 63.2 Å². The molecule has 0 aliphatic heterocycles. The lowest BCUT2D eigenvalue weighted by atomic mass is 9.85. The van der Waals surface area contributed by atoms with Crippen molar-refractivity contribution in [2.45, 2.75) is 29.2 Å². The fourth-order valence-corrected chi connectivity index (χ4v) is 5.43. The van der Waals surface area contributed by atoms with Gasteiger partial charge in [-0.3, -0.25) is 4.79 Å². The van der Waals surface area contributed by atoms with Crippen LogP contribution in [0.15, 0.2) is 41.3 Å². The van der Waals surface area contributed by atoms with Gasteiger partial charge in [-0.15, -0.1) is 0 Å². The lowest BCUT2D eigenvalue weighted by Crippen LogP contribution is -2.42. The smallest absolute Gasteiger partial charge is 0.352 e. The summed E-state index contributed by atoms with van der Waals surface area (Å²) in [5.41, 5.74) is -1.37. The van der Waals surface area contributed by atoms with Crippen LogP contribution >= 0.6 is 11.6 Å². The van der Waals surface area contributed by atoms with E-state index in [1.807, 2.05) is 0 Å². The largest absolute Gasteiger partial charge is 0.416 e. The number of alkyl halides is 3. The van der Waals surface area contributed by atoms with Crippen molar-refractivity contribution in [1.29, 1.82) is 0 Å². The van der Waals surface area contributed by atoms with E-state index >= 15 is 0 Å². The van der Waals surface area contributed by atoms with Crippen LogP contribution in [0.3, 0.4) is 0 Å². The second-order valence-corrected chi connectivity index (χ2v) is 9.71. The molecule has 162 valence electrons. The van der Waals surface area contributed by atoms with Crippen molar-refractivity contribution in [3.05, 3.63) is 64.2 Å². The van der Waals surface area contributed by atoms with Gasteiger partial charge in [0.25, 0.3) is 5.91 Å². The average molecular weight is 468 g/mol. The molecule has 0 spiro atoms. The van der Waals surface area contributed by atoms with Gasteiger partial charge in [-0.2, -0.15) is 13.2 Å². The van der Waals surface area contributed by atoms with Gasteiger partial charge in [0.2, 0.25) is 0 Å². The molecule has 1 fully saturated rings. The highest BCUT2D eigenvalue weighted by atomic mass is 35.5. The molecular weight excluding hydrogens is 453 g/mol. The molecule has 4 nitrogen and oxygen atoms in total. The van der Waals surface area contributed by atoms with Crippen LogP contribution in [0.4, 0.5) is 22.0 Å². The second kappa shape index (κ2) is 8.14. The van der Waals surface area contributed by atoms with E-state index in [1.165, 1.54) is 6.07 Å². The van der Waals surface area contributed by atoms with Gasteiger partial charge in [0.1, 0.15) is 11.6 Å². The first-order chi connectivity index (χ1) is 13.9. The van der Waals surface area contributed by atoms with Crippen molar-refractivity contribution in [3.63, 3.8) is 0 Å². The van der Waals surface area contributed by atoms with Crippen LogP contribution in [0.5, 0.6) is 0 Å². The zero-order valence-electron chi connectivity index (χ0n) is 15.1. The Kier molecular flexibility index (Phi) is 6.10. The molecule has 1 aliphatic carbocycles. The first-order valence-electron chi connectivity index (χ1n) is 8.72. The number of carbonyl (C=O) groups is 1. The van der Waals surface area contributed by atoms with E-state index in [-0.39, 0.29) is 42.0 Å². The molecule has 2 aromatic carbocycles. The standard InChI is InChI=1S/C19H15ClF5NO3S/c20-13-3-11(4-14(21)7-13)18(27)26-9-10-1-16(2-10)30(28,29)17-6-12(19(23,24)25)5-15(22)8-17/h3-8,10,16H,1-2,9H2,(H,26,27). The highest BCUT2D eigenvalue weighted by Gasteiger charge is 2.41. The van der Waals surface area contributed by atoms with E-state index in [2.05, 4.69) is 5.32 Å². The first-order valence-corrected chi connectivity index (χ1v) is 10.6. The number of rotatable bonds is 5. The van der Waals surface area contributed by atoms with Crippen molar-refractivity contribution >= 4 is 27.3 Å². The fraction of sp³-hybridized carbons (Fsp3) is 0.316. The van der Waals surface area contributed by atoms with E-state index in [9.17, 15) is 35.2 Å². The van der Waals surface area contributed by atoms with E-state index in [0.717, 1.165) is 12.1 Å². The molecule has 0 saturated heterocycles. The third kappa shape index (κ3) is 4.92. The summed E-state index contributed by atoms with van der Waals surface area (Å²) < 4.78 is 90.4. The predicted molar refractivity (Wildman–Crippen MR) is 98.8 cm³/mol. The van der Waals surface area contributed by atoms with Crippen molar-refractivity contribution in [3.8, 4) is 0 Å². The minimum absolute atomic E-state index is 0.00272. The van der Waals surface area contributed by atoms with Crippen LogP contribution < -0.4 is 5.32 Å². The Morgan fingerprint density at radius 1 is 1.03 bits per heavy atom. The van der Waals surface area contributed by atoms with Gasteiger partial charge in [-0.1, -0.05) is 11.6 Å². The van der Waals surface area contributed by atoms with Gasteiger partial charge < -0.3 is 5.32 Å². The number of halogens is 6. The number of amides is 1. The van der Waals surface area contributed by atoms with E-state index < -0.39 is 49.3 Å². The maximum Gasteiger partial charge on any atom is 0.416 e. The molecule has 11 heteroatoms. The number of nitrogens with one attached hydrogen (secondary N) is 1. The maximum atomic E-state index is 13.5. The van der Waals surface area contributed by atoms with Crippen LogP contribution in [0.2, 0.25) is 5.02 Å². The van der Waals surface area contributed by atoms with Gasteiger partial charge in [-0.25, -0.2) is 17.2 Å². The van der Waals surface area contributed by atoms with Crippen LogP contribution in [0, 0.1) is 17.6 Å². The van der Waals surface area contributed by atoms with Crippen molar-refractivity contribution < 1.29 is 35.2 Å². The normalized spacial score (nSPS) is 19.3. The molecule has 0 heterocycles. The summed E-state index contributed by atoms with van der Waals surface area (Å²) in [5.74, 6) is -2.81. The third-order valence-electron chi connectivity index (χ3n) is 4.83. The number of hydrogen-bond acceptors (Lipinski definition) is 3. The molecule has 1 amide bonds. The summed E-state index contributed by atoms with van der Waals surface area (Å²) in [6.45, 7) is 0.0932. The molecule has 0 unspecified atom stereocenters. The van der Waals surface area contributed by atoms with Crippen LogP contribution in [-0.2, 0) is 16.0 Å². The molecule has 0 atom stereocenters. The summed E-state index contributed by atoms with van der Waals surface area (Å²) in [5, 5.41) is 1.60. The quantitative estimate of drug-likeness (QED) is 0.653. The SMILES string of the molecule is O=C(NCC1CC(S(=O)(=O)c2cc(F)cc(C(F)(F)F)c2)C1)c1cc(F)cc(Cl)c1. The molecule has 0 radical (unpaired) electrons. The first kappa shape index (κ1) is 22.5. The minimum atomic E-state index is -4.88. The monoisotopic (exact) mass is 467 g/mol. The second-order valence-electron chi connectivity index (χ2n) is 7.05. The number of carbonyl (C=O) groups excluding carboxylic acids is 1. The zero-order chi connectivity index (χ0) is 22.3. The van der Waals surface area contributed by atoms with E-state index in [1.54, 1.807) is 0 Å². The Labute approximate surface area is 174 Å². The summed E-state index contributed by atoms with van der Waals surface area (Å²) in [6, 6.07) is 4.52. The maximum absolute atomic E-state index is 13.5. The van der Waals surface area contributed by atoms with E-state index in [4.69, 9.17) is 11.6 Å². The van der Waals surface area contributed by atoms with Gasteiger partial charge >= 0.3 is 6.18 Å². The Hall–Kier alpha value is -2.20. The Morgan fingerprint density at radius 3 is 2.27 bits per heavy atom. The highest BCUT2D eigenvalue weighted by Crippen LogP contribution is 2.38. The minimum Gasteiger partial charge on any atom is -0.352 e. The Bertz CT molecular complexity index is 1060. The van der Waals surface area contributed by atoms with Crippen molar-refractivity contribution in [1.82, 2.24) is 5.32 Å². The molecule has 0 aromatic heterocycles. The van der Waals surface area contributed by atoms with Gasteiger partial charge in [0.15, 0.2) is 9.84 Å². The molecule has 1 aliphatic rings. The van der Waals surface area contributed by atoms with Gasteiger partial charge in [0.05, 0.1) is 15.7 Å². The summed E-state index contributed by atoms with van der Waals surface area (Å²) in [4.78, 5) is 11.3. The number of hydrogen-bond donors (Lipinski definition) is 1. The van der Waals surface area contributed by atoms with Gasteiger partial charge in [0, 0.05) is 17.1 Å². The Balaban J connectivity index is 1.62. The van der Waals surface area contributed by atoms with Crippen LogP contribution in [0.1, 0.15) is 28.8 Å². The average Bonchev–Trinajstić information content (AvgIpc) is 2.57. The van der Waals surface area contributed by atoms with Crippen LogP contribution in [-0.4, -0.2) is 26.1 Å². The molecule has 0 bridgehead atoms. The molecule has 30 heavy (non-hydrogen) atoms. The number of benzene rings is 2. The molecule has 3 rings (SSSR count). The molecular formula is C19H15ClF5NO3S. The third-order valence-corrected chi connectivity index (χ3v) is 7.21. The summed E-state index contributed by atoms with van der Waals surface area (Å²) in [7, 11) is -4.16. The summed E-state index contributed by atoms with van der Waals surface area (Å²) in [6.07, 6.45) is -4.70. The number of sulfone groups is 1. The lowest BCUT2D eigenvalue weighted by Gasteiger charge is -2.35. The fourth-order valence-electron chi connectivity index (χ4n) is 3.20. The summed E-state index contributed by atoms with van der Waals surface area (Å²) >= 11 is 5.69.